The topological polar surface area (TPSA) is 68.7 Å². The number of aromatic nitrogens is 2. The molecule has 28 heavy (non-hydrogen) atoms. The van der Waals surface area contributed by atoms with Gasteiger partial charge in [-0.25, -0.2) is 20.4 Å². The van der Waals surface area contributed by atoms with Gasteiger partial charge in [0.2, 0.25) is 0 Å². The molecule has 1 aromatic heterocycles. The predicted octanol–water partition coefficient (Wildman–Crippen LogP) is 2.09. The number of hydrazine groups is 1. The van der Waals surface area contributed by atoms with Crippen LogP contribution in [0.25, 0.3) is 12.2 Å². The summed E-state index contributed by atoms with van der Waals surface area (Å²) in [6.07, 6.45) is 7.95. The molecule has 1 fully saturated rings. The summed E-state index contributed by atoms with van der Waals surface area (Å²) in [6, 6.07) is 12.1. The van der Waals surface area contributed by atoms with E-state index in [-0.39, 0.29) is 0 Å². The summed E-state index contributed by atoms with van der Waals surface area (Å²) in [5, 5.41) is 0. The molecule has 2 aromatic rings. The molecule has 0 unspecified atom stereocenters. The summed E-state index contributed by atoms with van der Waals surface area (Å²) in [6.45, 7) is 4.73. The molecule has 3 heterocycles. The number of nitrogens with one attached hydrogen (secondary N) is 2. The Hall–Kier alpha value is -3.03. The first-order chi connectivity index (χ1) is 13.8. The zero-order chi connectivity index (χ0) is 19.2. The van der Waals surface area contributed by atoms with Crippen LogP contribution in [0.5, 0.6) is 0 Å². The predicted molar refractivity (Wildman–Crippen MR) is 114 cm³/mol. The Labute approximate surface area is 165 Å². The van der Waals surface area contributed by atoms with Crippen LogP contribution in [-0.2, 0) is 0 Å². The van der Waals surface area contributed by atoms with E-state index in [2.05, 4.69) is 49.8 Å². The van der Waals surface area contributed by atoms with Gasteiger partial charge in [0, 0.05) is 38.8 Å². The van der Waals surface area contributed by atoms with Gasteiger partial charge in [0.05, 0.1) is 0 Å². The standard InChI is InChI=1S/C21H25N7/c1-27-12-14-28(15-13-27)21-16-20(24-19-8-5-11-22-26-19)23-18(25-21)10-9-17-6-3-2-4-7-17/h2-10,16,22H,11-15H2,1H3,(H,23,24,25,26)/b10-9+. The summed E-state index contributed by atoms with van der Waals surface area (Å²) in [5.41, 5.74) is 7.24. The Balaban J connectivity index is 1.65. The van der Waals surface area contributed by atoms with Crippen LogP contribution in [0.3, 0.4) is 0 Å². The van der Waals surface area contributed by atoms with Crippen LogP contribution in [0.4, 0.5) is 11.6 Å². The Morgan fingerprint density at radius 2 is 1.86 bits per heavy atom. The Morgan fingerprint density at radius 1 is 1.04 bits per heavy atom. The molecule has 144 valence electrons. The van der Waals surface area contributed by atoms with Crippen LogP contribution >= 0.6 is 0 Å². The Bertz CT molecular complexity index is 881. The van der Waals surface area contributed by atoms with E-state index < -0.39 is 0 Å². The number of piperazine rings is 1. The van der Waals surface area contributed by atoms with Crippen molar-refractivity contribution < 1.29 is 0 Å². The lowest BCUT2D eigenvalue weighted by Crippen LogP contribution is -2.44. The molecule has 0 radical (unpaired) electrons. The fraction of sp³-hybridized carbons (Fsp3) is 0.286. The molecule has 0 spiro atoms. The van der Waals surface area contributed by atoms with Gasteiger partial charge in [0.15, 0.2) is 11.6 Å². The second-order valence-electron chi connectivity index (χ2n) is 6.88. The molecule has 2 aliphatic heterocycles. The van der Waals surface area contributed by atoms with Gasteiger partial charge in [-0.3, -0.25) is 0 Å². The minimum atomic E-state index is 0.646. The fourth-order valence-electron chi connectivity index (χ4n) is 3.11. The number of anilines is 1. The smallest absolute Gasteiger partial charge is 0.160 e. The lowest BCUT2D eigenvalue weighted by molar-refractivity contribution is 0.312. The van der Waals surface area contributed by atoms with Gasteiger partial charge < -0.3 is 15.2 Å². The van der Waals surface area contributed by atoms with Crippen LogP contribution in [0.1, 0.15) is 11.4 Å². The van der Waals surface area contributed by atoms with Crippen molar-refractivity contribution in [2.24, 2.45) is 4.99 Å². The van der Waals surface area contributed by atoms with Gasteiger partial charge >= 0.3 is 0 Å². The van der Waals surface area contributed by atoms with Gasteiger partial charge in [0.1, 0.15) is 11.7 Å². The highest BCUT2D eigenvalue weighted by Crippen LogP contribution is 2.21. The molecule has 0 bridgehead atoms. The van der Waals surface area contributed by atoms with Crippen molar-refractivity contribution in [1.82, 2.24) is 25.7 Å². The third-order valence-electron chi connectivity index (χ3n) is 4.72. The minimum absolute atomic E-state index is 0.646. The molecule has 0 aliphatic carbocycles. The highest BCUT2D eigenvalue weighted by Gasteiger charge is 2.17. The second-order valence-corrected chi connectivity index (χ2v) is 6.88. The second kappa shape index (κ2) is 8.77. The summed E-state index contributed by atoms with van der Waals surface area (Å²) in [4.78, 5) is 18.7. The first-order valence-corrected chi connectivity index (χ1v) is 9.56. The van der Waals surface area contributed by atoms with Crippen molar-refractivity contribution >= 4 is 29.6 Å². The number of likely N-dealkylation sites (N-methyl/N-ethyl adjacent to an activating group) is 1. The van der Waals surface area contributed by atoms with Gasteiger partial charge in [-0.15, -0.1) is 0 Å². The van der Waals surface area contributed by atoms with Crippen LogP contribution in [0, 0.1) is 0 Å². The largest absolute Gasteiger partial charge is 0.354 e. The van der Waals surface area contributed by atoms with Gasteiger partial charge in [-0.05, 0) is 24.8 Å². The molecule has 7 nitrogen and oxygen atoms in total. The van der Waals surface area contributed by atoms with Crippen molar-refractivity contribution in [2.45, 2.75) is 0 Å². The highest BCUT2D eigenvalue weighted by molar-refractivity contribution is 5.94. The average Bonchev–Trinajstić information content (AvgIpc) is 2.74. The van der Waals surface area contributed by atoms with Crippen LogP contribution in [-0.4, -0.2) is 60.5 Å². The van der Waals surface area contributed by atoms with E-state index >= 15 is 0 Å². The number of amidine groups is 1. The molecule has 1 saturated heterocycles. The number of rotatable bonds is 4. The molecule has 4 rings (SSSR count). The SMILES string of the molecule is CN1CCN(c2cc(/N=C3\C=CCNN3)nc(/C=C/c3ccccc3)n2)CC1. The third kappa shape index (κ3) is 4.82. The molecule has 2 N–H and O–H groups in total. The lowest BCUT2D eigenvalue weighted by Gasteiger charge is -2.33. The average molecular weight is 375 g/mol. The molecule has 2 aliphatic rings. The quantitative estimate of drug-likeness (QED) is 0.853. The Morgan fingerprint density at radius 3 is 2.61 bits per heavy atom. The van der Waals surface area contributed by atoms with Crippen molar-refractivity contribution in [1.29, 1.82) is 0 Å². The third-order valence-corrected chi connectivity index (χ3v) is 4.72. The number of benzene rings is 1. The van der Waals surface area contributed by atoms with Crippen molar-refractivity contribution in [3.05, 3.63) is 59.9 Å². The van der Waals surface area contributed by atoms with Crippen LogP contribution in [0.2, 0.25) is 0 Å². The van der Waals surface area contributed by atoms with Crippen LogP contribution < -0.4 is 15.8 Å². The van der Waals surface area contributed by atoms with Crippen LogP contribution in [0.15, 0.2) is 53.5 Å². The zero-order valence-corrected chi connectivity index (χ0v) is 16.0. The summed E-state index contributed by atoms with van der Waals surface area (Å²) >= 11 is 0. The zero-order valence-electron chi connectivity index (χ0n) is 16.0. The first kappa shape index (κ1) is 18.3. The molecule has 1 aromatic carbocycles. The molecule has 0 atom stereocenters. The van der Waals surface area contributed by atoms with Crippen molar-refractivity contribution in [3.8, 4) is 0 Å². The van der Waals surface area contributed by atoms with E-state index in [4.69, 9.17) is 4.98 Å². The minimum Gasteiger partial charge on any atom is -0.354 e. The molecule has 0 saturated carbocycles. The maximum atomic E-state index is 4.78. The number of nitrogens with zero attached hydrogens (tertiary/aromatic N) is 5. The normalized spacial score (nSPS) is 19.3. The van der Waals surface area contributed by atoms with E-state index in [0.29, 0.717) is 11.6 Å². The monoisotopic (exact) mass is 375 g/mol. The van der Waals surface area contributed by atoms with Gasteiger partial charge in [-0.2, -0.15) is 0 Å². The van der Waals surface area contributed by atoms with E-state index in [1.807, 2.05) is 48.6 Å². The number of aliphatic imine (C=N–C) groups is 1. The summed E-state index contributed by atoms with van der Waals surface area (Å²) in [7, 11) is 2.15. The Kier molecular flexibility index (Phi) is 5.75. The maximum Gasteiger partial charge on any atom is 0.160 e. The molecular weight excluding hydrogens is 350 g/mol. The summed E-state index contributed by atoms with van der Waals surface area (Å²) < 4.78 is 0. The van der Waals surface area contributed by atoms with Crippen molar-refractivity contribution in [3.63, 3.8) is 0 Å². The molecular formula is C21H25N7. The van der Waals surface area contributed by atoms with Gasteiger partial charge in [0.25, 0.3) is 0 Å². The van der Waals surface area contributed by atoms with Gasteiger partial charge in [-0.1, -0.05) is 42.5 Å². The van der Waals surface area contributed by atoms with E-state index in [0.717, 1.165) is 49.9 Å². The summed E-state index contributed by atoms with van der Waals surface area (Å²) in [5.74, 6) is 2.97. The fourth-order valence-corrected chi connectivity index (χ4v) is 3.11. The van der Waals surface area contributed by atoms with E-state index in [1.165, 1.54) is 0 Å². The molecule has 0 amide bonds. The first-order valence-electron chi connectivity index (χ1n) is 9.56. The maximum absolute atomic E-state index is 4.78. The van der Waals surface area contributed by atoms with Crippen molar-refractivity contribution in [2.75, 3.05) is 44.7 Å². The highest BCUT2D eigenvalue weighted by atomic mass is 15.4. The lowest BCUT2D eigenvalue weighted by atomic mass is 10.2. The van der Waals surface area contributed by atoms with E-state index in [1.54, 1.807) is 0 Å². The molecule has 7 heteroatoms. The van der Waals surface area contributed by atoms with E-state index in [9.17, 15) is 0 Å². The number of hydrogen-bond donors (Lipinski definition) is 2. The number of hydrogen-bond acceptors (Lipinski definition) is 6.